The Hall–Kier alpha value is 0.196. The van der Waals surface area contributed by atoms with Gasteiger partial charge in [-0.3, -0.25) is 10.1 Å². The van der Waals surface area contributed by atoms with Crippen molar-refractivity contribution in [1.29, 1.82) is 0 Å². The average Bonchev–Trinajstić information content (AvgIpc) is 2.28. The van der Waals surface area contributed by atoms with Crippen molar-refractivity contribution < 1.29 is 76.3 Å². The molecule has 2 unspecified atom stereocenters. The fourth-order valence-electron chi connectivity index (χ4n) is 1.45. The van der Waals surface area contributed by atoms with E-state index >= 15 is 0 Å². The zero-order valence-electron chi connectivity index (χ0n) is 10.2. The quantitative estimate of drug-likeness (QED) is 0.453. The largest absolute Gasteiger partial charge is 1.00 e. The van der Waals surface area contributed by atoms with Crippen molar-refractivity contribution in [1.82, 2.24) is 5.32 Å². The van der Waals surface area contributed by atoms with Gasteiger partial charge in [-0.2, -0.15) is 0 Å². The molecule has 0 radical (unpaired) electrons. The van der Waals surface area contributed by atoms with E-state index in [4.69, 9.17) is 5.11 Å². The van der Waals surface area contributed by atoms with Crippen LogP contribution in [0, 0.1) is 0 Å². The third-order valence-corrected chi connectivity index (χ3v) is 2.73. The van der Waals surface area contributed by atoms with Crippen molar-refractivity contribution in [2.45, 2.75) is 12.1 Å². The van der Waals surface area contributed by atoms with Crippen LogP contribution in [0.1, 0.15) is 11.6 Å². The van der Waals surface area contributed by atoms with Gasteiger partial charge in [-0.15, -0.1) is 0 Å². The summed E-state index contributed by atoms with van der Waals surface area (Å²) < 4.78 is 0.688. The summed E-state index contributed by atoms with van der Waals surface area (Å²) in [5.41, 5.74) is 0.447. The zero-order valence-corrected chi connectivity index (χ0v) is 14.9. The van der Waals surface area contributed by atoms with Crippen molar-refractivity contribution in [3.63, 3.8) is 0 Å². The summed E-state index contributed by atoms with van der Waals surface area (Å²) in [5.74, 6) is -2.82. The topological polar surface area (TPSA) is 110 Å². The zero-order chi connectivity index (χ0) is 13.7. The molecule has 0 heterocycles. The molecule has 6 nitrogen and oxygen atoms in total. The minimum Gasteiger partial charge on any atom is -0.547 e. The predicted octanol–water partition coefficient (Wildman–Crippen LogP) is -3.72. The Morgan fingerprint density at radius 1 is 1.42 bits per heavy atom. The fourth-order valence-corrected chi connectivity index (χ4v) is 1.86. The van der Waals surface area contributed by atoms with Crippen LogP contribution in [0.4, 0.5) is 0 Å². The molecule has 3 N–H and O–H groups in total. The van der Waals surface area contributed by atoms with Crippen LogP contribution in [0.15, 0.2) is 28.7 Å². The molecule has 98 valence electrons. The maximum atomic E-state index is 10.7. The molecule has 0 aromatic heterocycles. The summed E-state index contributed by atoms with van der Waals surface area (Å²) in [7, 11) is 0. The van der Waals surface area contributed by atoms with Crippen molar-refractivity contribution in [2.24, 2.45) is 0 Å². The van der Waals surface area contributed by atoms with Gasteiger partial charge < -0.3 is 20.1 Å². The molecule has 0 bridgehead atoms. The van der Waals surface area contributed by atoms with Crippen LogP contribution in [-0.2, 0) is 9.59 Å². The third kappa shape index (κ3) is 6.45. The minimum atomic E-state index is -1.83. The molecule has 8 heteroatoms. The minimum absolute atomic E-state index is 0. The van der Waals surface area contributed by atoms with E-state index in [2.05, 4.69) is 21.2 Å². The average molecular weight is 356 g/mol. The number of carboxylic acids is 2. The molecule has 19 heavy (non-hydrogen) atoms. The van der Waals surface area contributed by atoms with E-state index in [0.717, 1.165) is 0 Å². The molecule has 0 spiro atoms. The number of benzene rings is 1. The normalized spacial score (nSPS) is 13.2. The second-order valence-corrected chi connectivity index (χ2v) is 4.49. The first-order valence-electron chi connectivity index (χ1n) is 5.01. The van der Waals surface area contributed by atoms with Gasteiger partial charge in [0.2, 0.25) is 0 Å². The molecule has 1 aromatic rings. The monoisotopic (exact) mass is 355 g/mol. The van der Waals surface area contributed by atoms with Gasteiger partial charge in [0.1, 0.15) is 6.10 Å². The number of hydrogen-bond acceptors (Lipinski definition) is 5. The first kappa shape index (κ1) is 19.2. The molecule has 0 saturated carbocycles. The predicted molar refractivity (Wildman–Crippen MR) is 63.5 cm³/mol. The molecule has 2 atom stereocenters. The smallest absolute Gasteiger partial charge is 0.547 e. The standard InChI is InChI=1S/C11H12BrNO5.K/c12-7-3-1-2-6(4-7)9(10(16)11(17)18)13-5-8(14)15;/h1-4,9-10,13,16H,5H2,(H,14,15)(H,17,18);/q;+1/p-1. The van der Waals surface area contributed by atoms with Crippen LogP contribution in [0.25, 0.3) is 0 Å². The van der Waals surface area contributed by atoms with E-state index in [1.807, 2.05) is 0 Å². The van der Waals surface area contributed by atoms with Crippen LogP contribution in [0.5, 0.6) is 0 Å². The van der Waals surface area contributed by atoms with Gasteiger partial charge in [0, 0.05) is 4.47 Å². The van der Waals surface area contributed by atoms with E-state index < -0.39 is 30.6 Å². The number of rotatable bonds is 6. The Morgan fingerprint density at radius 2 is 2.05 bits per heavy atom. The van der Waals surface area contributed by atoms with Crippen LogP contribution in [-0.4, -0.2) is 34.8 Å². The van der Waals surface area contributed by atoms with Crippen molar-refractivity contribution in [3.05, 3.63) is 34.3 Å². The van der Waals surface area contributed by atoms with E-state index in [1.165, 1.54) is 0 Å². The maximum absolute atomic E-state index is 10.7. The molecule has 0 aliphatic heterocycles. The van der Waals surface area contributed by atoms with Gasteiger partial charge in [-0.05, 0) is 17.7 Å². The summed E-state index contributed by atoms with van der Waals surface area (Å²) in [5, 5.41) is 31.2. The second kappa shape index (κ2) is 9.19. The number of halogens is 1. The molecule has 0 aliphatic carbocycles. The summed E-state index contributed by atoms with van der Waals surface area (Å²) in [4.78, 5) is 21.2. The number of aliphatic hydroxyl groups is 1. The van der Waals surface area contributed by atoms with Crippen LogP contribution in [0.3, 0.4) is 0 Å². The Balaban J connectivity index is 0.00000324. The van der Waals surface area contributed by atoms with E-state index in [0.29, 0.717) is 10.0 Å². The molecule has 1 rings (SSSR count). The summed E-state index contributed by atoms with van der Waals surface area (Å²) in [6, 6.07) is 5.49. The number of aliphatic hydroxyl groups excluding tert-OH is 1. The van der Waals surface area contributed by atoms with Crippen LogP contribution in [0.2, 0.25) is 0 Å². The number of aliphatic carboxylic acids is 2. The van der Waals surface area contributed by atoms with Crippen molar-refractivity contribution in [3.8, 4) is 0 Å². The van der Waals surface area contributed by atoms with E-state index in [1.54, 1.807) is 24.3 Å². The molecular weight excluding hydrogens is 345 g/mol. The molecule has 1 aromatic carbocycles. The van der Waals surface area contributed by atoms with Gasteiger partial charge in [0.25, 0.3) is 0 Å². The van der Waals surface area contributed by atoms with Gasteiger partial charge in [-0.1, -0.05) is 28.1 Å². The first-order valence-corrected chi connectivity index (χ1v) is 5.80. The molecule has 0 aliphatic rings. The molecule has 0 amide bonds. The summed E-state index contributed by atoms with van der Waals surface area (Å²) in [6.45, 7) is -0.471. The Bertz CT molecular complexity index is 456. The number of hydrogen-bond donors (Lipinski definition) is 3. The van der Waals surface area contributed by atoms with Crippen LogP contribution < -0.4 is 61.8 Å². The number of carbonyl (C=O) groups is 2. The number of carbonyl (C=O) groups excluding carboxylic acids is 1. The third-order valence-electron chi connectivity index (χ3n) is 2.24. The summed E-state index contributed by atoms with van der Waals surface area (Å²) in [6.07, 6.45) is -1.83. The van der Waals surface area contributed by atoms with E-state index in [-0.39, 0.29) is 51.4 Å². The Kier molecular flexibility index (Phi) is 9.29. The van der Waals surface area contributed by atoms with Gasteiger partial charge >= 0.3 is 57.4 Å². The summed E-state index contributed by atoms with van der Waals surface area (Å²) >= 11 is 3.21. The van der Waals surface area contributed by atoms with Crippen molar-refractivity contribution >= 4 is 27.9 Å². The Morgan fingerprint density at radius 3 is 2.53 bits per heavy atom. The SMILES string of the molecule is O=C(O)CNC(c1cccc(Br)c1)C(O)C(=O)[O-].[K+]. The fraction of sp³-hybridized carbons (Fsp3) is 0.273. The van der Waals surface area contributed by atoms with Gasteiger partial charge in [0.15, 0.2) is 0 Å². The molecule has 0 saturated heterocycles. The van der Waals surface area contributed by atoms with E-state index in [9.17, 15) is 19.8 Å². The van der Waals surface area contributed by atoms with Gasteiger partial charge in [0.05, 0.1) is 18.6 Å². The number of carboxylic acid groups (broad SMARTS) is 2. The maximum Gasteiger partial charge on any atom is 1.00 e. The number of nitrogens with one attached hydrogen (secondary N) is 1. The van der Waals surface area contributed by atoms with Crippen molar-refractivity contribution in [2.75, 3.05) is 6.54 Å². The molecule has 0 fully saturated rings. The Labute approximate surface area is 160 Å². The van der Waals surface area contributed by atoms with Gasteiger partial charge in [-0.25, -0.2) is 0 Å². The first-order chi connectivity index (χ1) is 8.41. The second-order valence-electron chi connectivity index (χ2n) is 3.57. The molecular formula is C11H11BrKNO5. The van der Waals surface area contributed by atoms with Crippen LogP contribution >= 0.6 is 15.9 Å².